The number of aromatic nitrogens is 3. The van der Waals surface area contributed by atoms with Crippen LogP contribution in [-0.2, 0) is 6.54 Å². The van der Waals surface area contributed by atoms with Gasteiger partial charge in [-0.1, -0.05) is 10.9 Å². The van der Waals surface area contributed by atoms with Crippen LogP contribution in [0.15, 0.2) is 41.4 Å². The van der Waals surface area contributed by atoms with E-state index in [1.807, 2.05) is 6.92 Å². The molecule has 0 saturated carbocycles. The summed E-state index contributed by atoms with van der Waals surface area (Å²) in [5.41, 5.74) is 0.730. The monoisotopic (exact) mass is 443 g/mol. The van der Waals surface area contributed by atoms with Crippen LogP contribution in [0.1, 0.15) is 12.5 Å². The number of hydrogen-bond acceptors (Lipinski definition) is 9. The van der Waals surface area contributed by atoms with Crippen molar-refractivity contribution in [2.45, 2.75) is 13.5 Å². The van der Waals surface area contributed by atoms with Gasteiger partial charge in [-0.2, -0.15) is 0 Å². The Kier molecular flexibility index (Phi) is 5.83. The maximum absolute atomic E-state index is 11.5. The first-order valence-corrected chi connectivity index (χ1v) is 9.78. The van der Waals surface area contributed by atoms with E-state index in [1.165, 1.54) is 7.11 Å². The molecule has 0 atom stereocenters. The molecule has 168 valence electrons. The zero-order valence-corrected chi connectivity index (χ0v) is 17.4. The number of hydrogen-bond donors (Lipinski definition) is 1. The molecule has 12 heteroatoms. The van der Waals surface area contributed by atoms with Gasteiger partial charge in [0, 0.05) is 6.07 Å². The Balaban J connectivity index is 1.71. The quantitative estimate of drug-likeness (QED) is 0.333. The first-order valence-electron chi connectivity index (χ1n) is 9.78. The first-order chi connectivity index (χ1) is 15.5. The molecule has 0 spiro atoms. The summed E-state index contributed by atoms with van der Waals surface area (Å²) in [5, 5.41) is 26.1. The predicted molar refractivity (Wildman–Crippen MR) is 110 cm³/mol. The lowest BCUT2D eigenvalue weighted by molar-refractivity contribution is -0.391. The first kappa shape index (κ1) is 21.0. The van der Waals surface area contributed by atoms with Gasteiger partial charge < -0.3 is 34.3 Å². The zero-order chi connectivity index (χ0) is 22.7. The van der Waals surface area contributed by atoms with Crippen LogP contribution < -0.4 is 24.4 Å². The number of rotatable bonds is 7. The molecule has 12 nitrogen and oxygen atoms in total. The van der Waals surface area contributed by atoms with Crippen molar-refractivity contribution in [3.05, 3.63) is 57.6 Å². The van der Waals surface area contributed by atoms with Gasteiger partial charge in [0.2, 0.25) is 0 Å². The Hall–Kier alpha value is -4.22. The van der Waals surface area contributed by atoms with Crippen molar-refractivity contribution in [1.29, 1.82) is 0 Å². The predicted octanol–water partition coefficient (Wildman–Crippen LogP) is 2.10. The minimum Gasteiger partial charge on any atom is -0.493 e. The fraction of sp³-hybridized carbons (Fsp3) is 0.300. The van der Waals surface area contributed by atoms with E-state index in [9.17, 15) is 15.3 Å². The van der Waals surface area contributed by atoms with Crippen molar-refractivity contribution >= 4 is 5.82 Å². The topological polar surface area (TPSA) is 135 Å². The van der Waals surface area contributed by atoms with Crippen LogP contribution in [0, 0.1) is 10.1 Å². The van der Waals surface area contributed by atoms with Gasteiger partial charge in [0.1, 0.15) is 18.9 Å². The molecule has 32 heavy (non-hydrogen) atoms. The number of nitro groups is 1. The lowest BCUT2D eigenvalue weighted by Gasteiger charge is -2.18. The molecule has 0 bridgehead atoms. The standard InChI is InChI=1S/C20H21N5O7/c1-3-30-15-6-4-13(10-17(15)29-2)12-21-19-20(25(27)28)22-23(24(19)26)14-5-7-16-18(11-14)32-9-8-31-16/h4-7,10-11,26H,3,8-9,12H2,1-2H3. The third-order valence-corrected chi connectivity index (χ3v) is 4.63. The number of nitrogens with zero attached hydrogens (tertiary/aromatic N) is 5. The van der Waals surface area contributed by atoms with E-state index in [2.05, 4.69) is 10.1 Å². The highest BCUT2D eigenvalue weighted by molar-refractivity contribution is 5.49. The van der Waals surface area contributed by atoms with E-state index >= 15 is 0 Å². The summed E-state index contributed by atoms with van der Waals surface area (Å²) in [6.07, 6.45) is 0. The largest absolute Gasteiger partial charge is 0.493 e. The van der Waals surface area contributed by atoms with Gasteiger partial charge in [-0.3, -0.25) is 4.99 Å². The second kappa shape index (κ2) is 8.88. The van der Waals surface area contributed by atoms with Crippen LogP contribution in [-0.4, -0.2) is 51.8 Å². The summed E-state index contributed by atoms with van der Waals surface area (Å²) in [7, 11) is 1.52. The Morgan fingerprint density at radius 3 is 2.69 bits per heavy atom. The Morgan fingerprint density at radius 2 is 1.97 bits per heavy atom. The van der Waals surface area contributed by atoms with Crippen molar-refractivity contribution < 1.29 is 29.1 Å². The molecule has 2 heterocycles. The normalized spacial score (nSPS) is 13.1. The van der Waals surface area contributed by atoms with Crippen LogP contribution in [0.25, 0.3) is 5.69 Å². The van der Waals surface area contributed by atoms with Gasteiger partial charge >= 0.3 is 5.82 Å². The average molecular weight is 443 g/mol. The molecule has 0 aliphatic carbocycles. The summed E-state index contributed by atoms with van der Waals surface area (Å²) < 4.78 is 21.8. The zero-order valence-electron chi connectivity index (χ0n) is 17.4. The molecule has 0 unspecified atom stereocenters. The number of fused-ring (bicyclic) bond motifs is 1. The van der Waals surface area contributed by atoms with Crippen molar-refractivity contribution in [2.24, 2.45) is 4.99 Å². The fourth-order valence-electron chi connectivity index (χ4n) is 3.18. The molecule has 0 radical (unpaired) electrons. The molecule has 1 N–H and O–H groups in total. The molecule has 0 amide bonds. The minimum atomic E-state index is -0.709. The number of methoxy groups -OCH3 is 1. The molecule has 0 saturated heterocycles. The molecular formula is C20H21N5O7. The summed E-state index contributed by atoms with van der Waals surface area (Å²) in [4.78, 5) is 16.5. The molecule has 2 aromatic carbocycles. The van der Waals surface area contributed by atoms with Crippen molar-refractivity contribution in [3.63, 3.8) is 0 Å². The van der Waals surface area contributed by atoms with Gasteiger partial charge in [-0.25, -0.2) is 0 Å². The molecule has 1 aromatic heterocycles. The van der Waals surface area contributed by atoms with E-state index in [1.54, 1.807) is 36.4 Å². The maximum atomic E-state index is 11.5. The van der Waals surface area contributed by atoms with Gasteiger partial charge in [-0.05, 0) is 46.5 Å². The van der Waals surface area contributed by atoms with Crippen LogP contribution in [0.3, 0.4) is 0 Å². The molecule has 1 aliphatic heterocycles. The molecule has 1 aliphatic rings. The van der Waals surface area contributed by atoms with Crippen molar-refractivity contribution in [2.75, 3.05) is 26.9 Å². The Bertz CT molecular complexity index is 1220. The molecular weight excluding hydrogens is 422 g/mol. The van der Waals surface area contributed by atoms with Crippen LogP contribution in [0.2, 0.25) is 0 Å². The highest BCUT2D eigenvalue weighted by Crippen LogP contribution is 2.32. The van der Waals surface area contributed by atoms with Crippen molar-refractivity contribution in [3.8, 4) is 28.7 Å². The fourth-order valence-corrected chi connectivity index (χ4v) is 3.18. The van der Waals surface area contributed by atoms with E-state index in [0.29, 0.717) is 58.9 Å². The number of ether oxygens (including phenoxy) is 4. The van der Waals surface area contributed by atoms with E-state index in [4.69, 9.17) is 18.9 Å². The van der Waals surface area contributed by atoms with Crippen LogP contribution >= 0.6 is 0 Å². The second-order valence-electron chi connectivity index (χ2n) is 6.65. The van der Waals surface area contributed by atoms with E-state index in [-0.39, 0.29) is 12.0 Å². The summed E-state index contributed by atoms with van der Waals surface area (Å²) >= 11 is 0. The highest BCUT2D eigenvalue weighted by Gasteiger charge is 2.25. The highest BCUT2D eigenvalue weighted by atomic mass is 16.6. The average Bonchev–Trinajstić information content (AvgIpc) is 3.14. The minimum absolute atomic E-state index is 0.0387. The summed E-state index contributed by atoms with van der Waals surface area (Å²) in [5.74, 6) is 1.49. The SMILES string of the molecule is CCOc1ccc(CN=c2c([N+](=O)[O-])nn(-c3ccc4c(c3)OCCO4)n2O)cc1OC. The van der Waals surface area contributed by atoms with E-state index in [0.717, 1.165) is 4.80 Å². The maximum Gasteiger partial charge on any atom is 0.438 e. The summed E-state index contributed by atoms with van der Waals surface area (Å²) in [6.45, 7) is 3.19. The van der Waals surface area contributed by atoms with Gasteiger partial charge in [0.15, 0.2) is 23.0 Å². The van der Waals surface area contributed by atoms with Crippen LogP contribution in [0.4, 0.5) is 5.82 Å². The van der Waals surface area contributed by atoms with Gasteiger partial charge in [0.05, 0.1) is 25.4 Å². The van der Waals surface area contributed by atoms with Gasteiger partial charge in [0.25, 0.3) is 5.49 Å². The molecule has 3 aromatic rings. The Labute approximate surface area is 181 Å². The Morgan fingerprint density at radius 1 is 1.19 bits per heavy atom. The molecule has 0 fully saturated rings. The smallest absolute Gasteiger partial charge is 0.438 e. The second-order valence-corrected chi connectivity index (χ2v) is 6.65. The van der Waals surface area contributed by atoms with Crippen LogP contribution in [0.5, 0.6) is 23.0 Å². The number of benzene rings is 2. The molecule has 4 rings (SSSR count). The third kappa shape index (κ3) is 4.02. The lowest BCUT2D eigenvalue weighted by atomic mass is 10.2. The summed E-state index contributed by atoms with van der Waals surface area (Å²) in [6, 6.07) is 10.0. The van der Waals surface area contributed by atoms with E-state index < -0.39 is 10.7 Å². The van der Waals surface area contributed by atoms with Gasteiger partial charge in [-0.15, -0.1) is 0 Å². The van der Waals surface area contributed by atoms with Crippen molar-refractivity contribution in [1.82, 2.24) is 14.7 Å². The third-order valence-electron chi connectivity index (χ3n) is 4.63. The lowest BCUT2D eigenvalue weighted by Crippen LogP contribution is -2.23.